The molecule has 98 valence electrons. The molecule has 0 saturated heterocycles. The normalized spacial score (nSPS) is 10.6. The van der Waals surface area contributed by atoms with E-state index >= 15 is 0 Å². The maximum Gasteiger partial charge on any atom is 0.356 e. The number of nitrogens with zero attached hydrogens (tertiary/aromatic N) is 2. The van der Waals surface area contributed by atoms with Crippen molar-refractivity contribution in [2.75, 3.05) is 0 Å². The molecule has 0 bridgehead atoms. The van der Waals surface area contributed by atoms with Gasteiger partial charge in [-0.2, -0.15) is 0 Å². The van der Waals surface area contributed by atoms with Crippen LogP contribution in [0.3, 0.4) is 0 Å². The largest absolute Gasteiger partial charge is 0.476 e. The summed E-state index contributed by atoms with van der Waals surface area (Å²) in [5.41, 5.74) is 2.83. The minimum atomic E-state index is -1.05. The summed E-state index contributed by atoms with van der Waals surface area (Å²) < 4.78 is 0. The van der Waals surface area contributed by atoms with Crippen molar-refractivity contribution in [1.82, 2.24) is 9.97 Å². The van der Waals surface area contributed by atoms with Gasteiger partial charge in [-0.05, 0) is 17.7 Å². The monoisotopic (exact) mass is 264 g/mol. The number of aromatic carboxylic acids is 1. The van der Waals surface area contributed by atoms with Crippen molar-refractivity contribution >= 4 is 17.0 Å². The van der Waals surface area contributed by atoms with Gasteiger partial charge in [0.25, 0.3) is 0 Å². The van der Waals surface area contributed by atoms with Gasteiger partial charge in [-0.1, -0.05) is 42.5 Å². The number of hydrogen-bond acceptors (Lipinski definition) is 3. The van der Waals surface area contributed by atoms with Gasteiger partial charge in [0.05, 0.1) is 16.7 Å². The molecule has 3 aromatic rings. The van der Waals surface area contributed by atoms with Gasteiger partial charge in [0, 0.05) is 6.42 Å². The Morgan fingerprint density at radius 2 is 1.50 bits per heavy atom. The van der Waals surface area contributed by atoms with Gasteiger partial charge in [-0.3, -0.25) is 0 Å². The van der Waals surface area contributed by atoms with Crippen LogP contribution in [0.15, 0.2) is 54.6 Å². The highest BCUT2D eigenvalue weighted by molar-refractivity contribution is 5.89. The first-order chi connectivity index (χ1) is 9.74. The van der Waals surface area contributed by atoms with Crippen LogP contribution < -0.4 is 0 Å². The summed E-state index contributed by atoms with van der Waals surface area (Å²) in [4.78, 5) is 20.0. The maximum absolute atomic E-state index is 11.4. The number of hydrogen-bond donors (Lipinski definition) is 1. The number of para-hydroxylation sites is 2. The molecule has 1 heterocycles. The quantitative estimate of drug-likeness (QED) is 0.790. The molecule has 0 amide bonds. The lowest BCUT2D eigenvalue weighted by Gasteiger charge is -2.07. The number of aromatic nitrogens is 2. The average Bonchev–Trinajstić information content (AvgIpc) is 2.47. The minimum Gasteiger partial charge on any atom is -0.476 e. The first-order valence-electron chi connectivity index (χ1n) is 6.27. The standard InChI is InChI=1S/C16H12N2O2/c19-16(20)15-14(10-11-6-2-1-3-7-11)17-12-8-4-5-9-13(12)18-15/h1-9H,10H2,(H,19,20). The zero-order valence-electron chi connectivity index (χ0n) is 10.7. The number of fused-ring (bicyclic) bond motifs is 1. The molecule has 0 fully saturated rings. The van der Waals surface area contributed by atoms with Crippen molar-refractivity contribution in [3.63, 3.8) is 0 Å². The van der Waals surface area contributed by atoms with Crippen LogP contribution in [0.25, 0.3) is 11.0 Å². The Labute approximate surface area is 115 Å². The molecule has 4 nitrogen and oxygen atoms in total. The van der Waals surface area contributed by atoms with E-state index in [0.717, 1.165) is 5.56 Å². The van der Waals surface area contributed by atoms with E-state index in [9.17, 15) is 9.90 Å². The molecule has 0 aliphatic heterocycles. The third kappa shape index (κ3) is 2.36. The molecule has 1 N–H and O–H groups in total. The highest BCUT2D eigenvalue weighted by Crippen LogP contribution is 2.16. The number of carboxylic acids is 1. The summed E-state index contributed by atoms with van der Waals surface area (Å²) in [5, 5.41) is 9.30. The second-order valence-electron chi connectivity index (χ2n) is 4.48. The van der Waals surface area contributed by atoms with Crippen molar-refractivity contribution in [3.05, 3.63) is 71.5 Å². The van der Waals surface area contributed by atoms with Crippen LogP contribution in [0.1, 0.15) is 21.7 Å². The molecule has 0 unspecified atom stereocenters. The van der Waals surface area contributed by atoms with Crippen molar-refractivity contribution < 1.29 is 9.90 Å². The summed E-state index contributed by atoms with van der Waals surface area (Å²) >= 11 is 0. The Kier molecular flexibility index (Phi) is 3.13. The van der Waals surface area contributed by atoms with E-state index in [0.29, 0.717) is 23.1 Å². The summed E-state index contributed by atoms with van der Waals surface area (Å²) in [6, 6.07) is 16.9. The van der Waals surface area contributed by atoms with Crippen molar-refractivity contribution in [1.29, 1.82) is 0 Å². The number of benzene rings is 2. The summed E-state index contributed by atoms with van der Waals surface area (Å²) in [5.74, 6) is -1.05. The Morgan fingerprint density at radius 3 is 2.15 bits per heavy atom. The molecule has 0 aliphatic rings. The minimum absolute atomic E-state index is 0.0209. The van der Waals surface area contributed by atoms with Crippen molar-refractivity contribution in [2.24, 2.45) is 0 Å². The zero-order valence-corrected chi connectivity index (χ0v) is 10.7. The predicted octanol–water partition coefficient (Wildman–Crippen LogP) is 2.92. The first-order valence-corrected chi connectivity index (χ1v) is 6.27. The Morgan fingerprint density at radius 1 is 0.900 bits per heavy atom. The molecule has 1 aromatic heterocycles. The fourth-order valence-corrected chi connectivity index (χ4v) is 2.12. The van der Waals surface area contributed by atoms with Gasteiger partial charge in [-0.15, -0.1) is 0 Å². The Balaban J connectivity index is 2.12. The van der Waals surface area contributed by atoms with E-state index in [1.165, 1.54) is 0 Å². The summed E-state index contributed by atoms with van der Waals surface area (Å²) in [6.45, 7) is 0. The van der Waals surface area contributed by atoms with E-state index in [1.54, 1.807) is 6.07 Å². The van der Waals surface area contributed by atoms with Gasteiger partial charge in [-0.25, -0.2) is 14.8 Å². The average molecular weight is 264 g/mol. The molecule has 0 aliphatic carbocycles. The molecule has 2 aromatic carbocycles. The predicted molar refractivity (Wildman–Crippen MR) is 75.7 cm³/mol. The van der Waals surface area contributed by atoms with Crippen LogP contribution in [0.4, 0.5) is 0 Å². The van der Waals surface area contributed by atoms with Crippen molar-refractivity contribution in [3.8, 4) is 0 Å². The highest BCUT2D eigenvalue weighted by atomic mass is 16.4. The first kappa shape index (κ1) is 12.3. The summed E-state index contributed by atoms with van der Waals surface area (Å²) in [6.07, 6.45) is 0.459. The van der Waals surface area contributed by atoms with Gasteiger partial charge in [0.15, 0.2) is 5.69 Å². The van der Waals surface area contributed by atoms with E-state index in [1.807, 2.05) is 48.5 Å². The van der Waals surface area contributed by atoms with Crippen molar-refractivity contribution in [2.45, 2.75) is 6.42 Å². The van der Waals surface area contributed by atoms with Gasteiger partial charge >= 0.3 is 5.97 Å². The fourth-order valence-electron chi connectivity index (χ4n) is 2.12. The van der Waals surface area contributed by atoms with Crippen LogP contribution in [-0.2, 0) is 6.42 Å². The molecule has 0 saturated carbocycles. The molecule has 3 rings (SSSR count). The SMILES string of the molecule is O=C(O)c1nc2ccccc2nc1Cc1ccccc1. The van der Waals surface area contributed by atoms with Crippen LogP contribution >= 0.6 is 0 Å². The second-order valence-corrected chi connectivity index (χ2v) is 4.48. The molecule has 0 spiro atoms. The van der Waals surface area contributed by atoms with Crippen LogP contribution in [-0.4, -0.2) is 21.0 Å². The Hall–Kier alpha value is -2.75. The molecular weight excluding hydrogens is 252 g/mol. The van der Waals surface area contributed by atoms with Crippen LogP contribution in [0.5, 0.6) is 0 Å². The molecular formula is C16H12N2O2. The van der Waals surface area contributed by atoms with E-state index < -0.39 is 5.97 Å². The third-order valence-electron chi connectivity index (χ3n) is 3.06. The van der Waals surface area contributed by atoms with E-state index in [2.05, 4.69) is 9.97 Å². The van der Waals surface area contributed by atoms with Crippen LogP contribution in [0, 0.1) is 0 Å². The lowest BCUT2D eigenvalue weighted by molar-refractivity contribution is 0.0689. The maximum atomic E-state index is 11.4. The van der Waals surface area contributed by atoms with Gasteiger partial charge in [0.2, 0.25) is 0 Å². The zero-order chi connectivity index (χ0) is 13.9. The lowest BCUT2D eigenvalue weighted by Crippen LogP contribution is -2.09. The molecule has 0 radical (unpaired) electrons. The van der Waals surface area contributed by atoms with Crippen LogP contribution in [0.2, 0.25) is 0 Å². The Bertz CT molecular complexity index is 770. The fraction of sp³-hybridized carbons (Fsp3) is 0.0625. The third-order valence-corrected chi connectivity index (χ3v) is 3.06. The number of rotatable bonds is 3. The molecule has 0 atom stereocenters. The molecule has 20 heavy (non-hydrogen) atoms. The second kappa shape index (κ2) is 5.09. The number of carboxylic acid groups (broad SMARTS) is 1. The highest BCUT2D eigenvalue weighted by Gasteiger charge is 2.15. The topological polar surface area (TPSA) is 63.1 Å². The van der Waals surface area contributed by atoms with E-state index in [4.69, 9.17) is 0 Å². The summed E-state index contributed by atoms with van der Waals surface area (Å²) in [7, 11) is 0. The lowest BCUT2D eigenvalue weighted by atomic mass is 10.1. The molecule has 4 heteroatoms. The number of carbonyl (C=O) groups is 1. The smallest absolute Gasteiger partial charge is 0.356 e. The van der Waals surface area contributed by atoms with Gasteiger partial charge < -0.3 is 5.11 Å². The van der Waals surface area contributed by atoms with Gasteiger partial charge in [0.1, 0.15) is 0 Å². The van der Waals surface area contributed by atoms with E-state index in [-0.39, 0.29) is 5.69 Å².